The molecule has 0 spiro atoms. The first-order chi connectivity index (χ1) is 13.1. The van der Waals surface area contributed by atoms with Crippen LogP contribution in [0.4, 0.5) is 0 Å². The monoisotopic (exact) mass is 375 g/mol. The second kappa shape index (κ2) is 8.45. The van der Waals surface area contributed by atoms with Crippen LogP contribution in [0.3, 0.4) is 0 Å². The Hall–Kier alpha value is -1.18. The summed E-state index contributed by atoms with van der Waals surface area (Å²) in [6.07, 6.45) is 0.761. The summed E-state index contributed by atoms with van der Waals surface area (Å²) < 4.78 is 11.1. The van der Waals surface area contributed by atoms with E-state index in [0.717, 1.165) is 71.2 Å². The van der Waals surface area contributed by atoms with E-state index in [1.807, 2.05) is 0 Å². The van der Waals surface area contributed by atoms with Crippen LogP contribution in [-0.4, -0.2) is 91.0 Å². The van der Waals surface area contributed by atoms with E-state index in [2.05, 4.69) is 39.8 Å². The fraction of sp³-hybridized carbons (Fsp3) is 0.714. The van der Waals surface area contributed by atoms with Crippen LogP contribution >= 0.6 is 0 Å². The number of methoxy groups -OCH3 is 1. The van der Waals surface area contributed by atoms with Crippen molar-refractivity contribution in [2.45, 2.75) is 44.6 Å². The molecule has 150 valence electrons. The van der Waals surface area contributed by atoms with Gasteiger partial charge in [0.25, 0.3) is 0 Å². The fourth-order valence-electron chi connectivity index (χ4n) is 4.79. The van der Waals surface area contributed by atoms with E-state index in [1.165, 1.54) is 11.1 Å². The maximum absolute atomic E-state index is 9.98. The number of nitrogens with zero attached hydrogens (tertiary/aromatic N) is 3. The molecule has 3 aliphatic heterocycles. The number of morpholine rings is 1. The van der Waals surface area contributed by atoms with Crippen LogP contribution in [0.25, 0.3) is 0 Å². The number of hydrogen-bond donors (Lipinski definition) is 1. The van der Waals surface area contributed by atoms with Crippen LogP contribution in [0.2, 0.25) is 0 Å². The first-order valence-electron chi connectivity index (χ1n) is 10.2. The van der Waals surface area contributed by atoms with Gasteiger partial charge in [0.15, 0.2) is 0 Å². The molecule has 3 heterocycles. The van der Waals surface area contributed by atoms with Crippen molar-refractivity contribution in [1.29, 1.82) is 0 Å². The highest BCUT2D eigenvalue weighted by atomic mass is 16.5. The lowest BCUT2D eigenvalue weighted by Gasteiger charge is -2.42. The summed E-state index contributed by atoms with van der Waals surface area (Å²) in [5.41, 5.74) is 2.61. The third kappa shape index (κ3) is 4.46. The number of piperazine rings is 1. The minimum absolute atomic E-state index is 0.150. The number of rotatable bonds is 5. The SMILES string of the molecule is COc1ccc(CN2CC3C[C@@H](O)CN3C[C@@H]2C)cc1CN1CCOCC1. The predicted octanol–water partition coefficient (Wildman–Crippen LogP) is 1.17. The zero-order valence-electron chi connectivity index (χ0n) is 16.6. The molecule has 0 radical (unpaired) electrons. The third-order valence-corrected chi connectivity index (χ3v) is 6.30. The van der Waals surface area contributed by atoms with Gasteiger partial charge in [-0.15, -0.1) is 0 Å². The summed E-state index contributed by atoms with van der Waals surface area (Å²) in [5.74, 6) is 0.974. The van der Waals surface area contributed by atoms with Crippen molar-refractivity contribution in [2.24, 2.45) is 0 Å². The summed E-state index contributed by atoms with van der Waals surface area (Å²) >= 11 is 0. The number of ether oxygens (including phenoxy) is 2. The Kier molecular flexibility index (Phi) is 5.99. The molecule has 3 fully saturated rings. The summed E-state index contributed by atoms with van der Waals surface area (Å²) in [5, 5.41) is 9.98. The van der Waals surface area contributed by atoms with E-state index in [9.17, 15) is 5.11 Å². The molecule has 3 saturated heterocycles. The molecule has 27 heavy (non-hydrogen) atoms. The Balaban J connectivity index is 1.44. The average molecular weight is 376 g/mol. The number of aliphatic hydroxyl groups is 1. The van der Waals surface area contributed by atoms with E-state index < -0.39 is 0 Å². The van der Waals surface area contributed by atoms with Gasteiger partial charge in [0.1, 0.15) is 5.75 Å². The standard InChI is InChI=1S/C21H33N3O3/c1-16-11-24-15-20(25)10-19(24)14-23(16)12-17-3-4-21(26-2)18(9-17)13-22-5-7-27-8-6-22/h3-4,9,16,19-20,25H,5-8,10-15H2,1-2H3/t16-,19?,20+/m0/s1. The molecular formula is C21H33N3O3. The number of hydrogen-bond acceptors (Lipinski definition) is 6. The molecular weight excluding hydrogens is 342 g/mol. The van der Waals surface area contributed by atoms with Crippen molar-refractivity contribution in [2.75, 3.05) is 53.0 Å². The van der Waals surface area contributed by atoms with Crippen LogP contribution in [-0.2, 0) is 17.8 Å². The predicted molar refractivity (Wildman–Crippen MR) is 105 cm³/mol. The van der Waals surface area contributed by atoms with Crippen LogP contribution in [0.15, 0.2) is 18.2 Å². The van der Waals surface area contributed by atoms with Crippen LogP contribution in [0, 0.1) is 0 Å². The number of fused-ring (bicyclic) bond motifs is 1. The van der Waals surface area contributed by atoms with E-state index in [1.54, 1.807) is 7.11 Å². The molecule has 0 saturated carbocycles. The van der Waals surface area contributed by atoms with Crippen molar-refractivity contribution in [3.8, 4) is 5.75 Å². The molecule has 6 heteroatoms. The Bertz CT molecular complexity index is 635. The van der Waals surface area contributed by atoms with Gasteiger partial charge in [-0.05, 0) is 31.0 Å². The molecule has 0 aromatic heterocycles. The molecule has 1 aromatic carbocycles. The highest BCUT2D eigenvalue weighted by molar-refractivity contribution is 5.37. The maximum Gasteiger partial charge on any atom is 0.123 e. The lowest BCUT2D eigenvalue weighted by molar-refractivity contribution is 0.0338. The molecule has 1 N–H and O–H groups in total. The molecule has 4 rings (SSSR count). The fourth-order valence-corrected chi connectivity index (χ4v) is 4.79. The highest BCUT2D eigenvalue weighted by Crippen LogP contribution is 2.28. The van der Waals surface area contributed by atoms with E-state index in [4.69, 9.17) is 9.47 Å². The Morgan fingerprint density at radius 2 is 1.96 bits per heavy atom. The number of benzene rings is 1. The number of aliphatic hydroxyl groups excluding tert-OH is 1. The molecule has 6 nitrogen and oxygen atoms in total. The van der Waals surface area contributed by atoms with Crippen molar-refractivity contribution >= 4 is 0 Å². The first-order valence-corrected chi connectivity index (χ1v) is 10.2. The van der Waals surface area contributed by atoms with Crippen molar-refractivity contribution < 1.29 is 14.6 Å². The molecule has 0 bridgehead atoms. The summed E-state index contributed by atoms with van der Waals surface area (Å²) in [6.45, 7) is 10.7. The van der Waals surface area contributed by atoms with Gasteiger partial charge in [0.2, 0.25) is 0 Å². The second-order valence-corrected chi connectivity index (χ2v) is 8.31. The zero-order chi connectivity index (χ0) is 18.8. The van der Waals surface area contributed by atoms with Gasteiger partial charge in [-0.3, -0.25) is 14.7 Å². The molecule has 1 aromatic rings. The van der Waals surface area contributed by atoms with E-state index in [-0.39, 0.29) is 6.10 Å². The van der Waals surface area contributed by atoms with E-state index >= 15 is 0 Å². The normalized spacial score (nSPS) is 30.4. The summed E-state index contributed by atoms with van der Waals surface area (Å²) in [6, 6.07) is 7.64. The van der Waals surface area contributed by atoms with Gasteiger partial charge in [-0.2, -0.15) is 0 Å². The second-order valence-electron chi connectivity index (χ2n) is 8.31. The Morgan fingerprint density at radius 3 is 2.74 bits per heavy atom. The molecule has 1 unspecified atom stereocenters. The van der Waals surface area contributed by atoms with Gasteiger partial charge in [-0.25, -0.2) is 0 Å². The Labute approximate surface area is 162 Å². The van der Waals surface area contributed by atoms with Crippen molar-refractivity contribution in [3.05, 3.63) is 29.3 Å². The molecule has 0 amide bonds. The topological polar surface area (TPSA) is 48.4 Å². The average Bonchev–Trinajstić information content (AvgIpc) is 3.02. The highest BCUT2D eigenvalue weighted by Gasteiger charge is 2.38. The lowest BCUT2D eigenvalue weighted by atomic mass is 10.0. The van der Waals surface area contributed by atoms with Gasteiger partial charge in [0.05, 0.1) is 26.4 Å². The van der Waals surface area contributed by atoms with Crippen molar-refractivity contribution in [1.82, 2.24) is 14.7 Å². The minimum atomic E-state index is -0.150. The molecule has 3 aliphatic rings. The Morgan fingerprint density at radius 1 is 1.15 bits per heavy atom. The smallest absolute Gasteiger partial charge is 0.123 e. The van der Waals surface area contributed by atoms with Gasteiger partial charge >= 0.3 is 0 Å². The van der Waals surface area contributed by atoms with E-state index in [0.29, 0.717) is 12.1 Å². The lowest BCUT2D eigenvalue weighted by Crippen LogP contribution is -2.54. The minimum Gasteiger partial charge on any atom is -0.496 e. The van der Waals surface area contributed by atoms with Gasteiger partial charge < -0.3 is 14.6 Å². The summed E-state index contributed by atoms with van der Waals surface area (Å²) in [7, 11) is 1.75. The molecule has 3 atom stereocenters. The van der Waals surface area contributed by atoms with Gasteiger partial charge in [0, 0.05) is 63.5 Å². The van der Waals surface area contributed by atoms with Crippen LogP contribution < -0.4 is 4.74 Å². The quantitative estimate of drug-likeness (QED) is 0.834. The molecule has 0 aliphatic carbocycles. The summed E-state index contributed by atoms with van der Waals surface area (Å²) in [4.78, 5) is 7.47. The van der Waals surface area contributed by atoms with Crippen LogP contribution in [0.5, 0.6) is 5.75 Å². The maximum atomic E-state index is 9.98. The largest absolute Gasteiger partial charge is 0.496 e. The van der Waals surface area contributed by atoms with Crippen molar-refractivity contribution in [3.63, 3.8) is 0 Å². The zero-order valence-corrected chi connectivity index (χ0v) is 16.6. The first kappa shape index (κ1) is 19.2. The van der Waals surface area contributed by atoms with Gasteiger partial charge in [-0.1, -0.05) is 6.07 Å². The third-order valence-electron chi connectivity index (χ3n) is 6.30. The van der Waals surface area contributed by atoms with Crippen LogP contribution in [0.1, 0.15) is 24.5 Å².